The molecule has 29 heavy (non-hydrogen) atoms. The van der Waals surface area contributed by atoms with Gasteiger partial charge in [0.05, 0.1) is 6.61 Å². The maximum Gasteiger partial charge on any atom is 0.341 e. The minimum atomic E-state index is -0.453. The third-order valence-corrected chi connectivity index (χ3v) is 5.35. The van der Waals surface area contributed by atoms with E-state index in [1.807, 2.05) is 68.4 Å². The highest BCUT2D eigenvalue weighted by atomic mass is 32.1. The average Bonchev–Trinajstić information content (AvgIpc) is 3.04. The number of esters is 1. The molecular weight excluding hydrogens is 386 g/mol. The van der Waals surface area contributed by atoms with E-state index in [-0.39, 0.29) is 19.1 Å². The number of ether oxygens (including phenoxy) is 2. The SMILES string of the molecule is CCOC(=O)c1c(NC(=O)COc2ccccc2C)sc(C)c1-c1ccccc1. The third kappa shape index (κ3) is 4.84. The zero-order valence-corrected chi connectivity index (χ0v) is 17.5. The van der Waals surface area contributed by atoms with Gasteiger partial charge in [0, 0.05) is 10.4 Å². The second-order valence-electron chi connectivity index (χ2n) is 6.43. The van der Waals surface area contributed by atoms with Crippen LogP contribution in [-0.4, -0.2) is 25.1 Å². The fourth-order valence-corrected chi connectivity index (χ4v) is 4.09. The van der Waals surface area contributed by atoms with Crippen LogP contribution in [0.2, 0.25) is 0 Å². The zero-order valence-electron chi connectivity index (χ0n) is 16.7. The molecule has 0 aliphatic heterocycles. The van der Waals surface area contributed by atoms with E-state index in [0.29, 0.717) is 16.3 Å². The summed E-state index contributed by atoms with van der Waals surface area (Å²) in [7, 11) is 0. The summed E-state index contributed by atoms with van der Waals surface area (Å²) in [6.07, 6.45) is 0. The van der Waals surface area contributed by atoms with Gasteiger partial charge < -0.3 is 14.8 Å². The first kappa shape index (κ1) is 20.6. The highest BCUT2D eigenvalue weighted by Crippen LogP contribution is 2.40. The first-order valence-electron chi connectivity index (χ1n) is 9.35. The summed E-state index contributed by atoms with van der Waals surface area (Å²) in [5, 5.41) is 3.29. The monoisotopic (exact) mass is 409 g/mol. The van der Waals surface area contributed by atoms with Crippen LogP contribution in [0.25, 0.3) is 11.1 Å². The van der Waals surface area contributed by atoms with Crippen molar-refractivity contribution < 1.29 is 19.1 Å². The topological polar surface area (TPSA) is 64.6 Å². The maximum absolute atomic E-state index is 12.7. The van der Waals surface area contributed by atoms with Crippen molar-refractivity contribution >= 4 is 28.2 Å². The van der Waals surface area contributed by atoms with Crippen LogP contribution in [0.3, 0.4) is 0 Å². The molecule has 0 unspecified atom stereocenters. The molecule has 1 heterocycles. The molecule has 0 bridgehead atoms. The summed E-state index contributed by atoms with van der Waals surface area (Å²) in [4.78, 5) is 26.1. The predicted molar refractivity (Wildman–Crippen MR) is 116 cm³/mol. The van der Waals surface area contributed by atoms with Crippen LogP contribution >= 0.6 is 11.3 Å². The molecule has 3 aromatic rings. The van der Waals surface area contributed by atoms with Gasteiger partial charge in [-0.3, -0.25) is 4.79 Å². The predicted octanol–water partition coefficient (Wildman–Crippen LogP) is 5.23. The Balaban J connectivity index is 1.85. The van der Waals surface area contributed by atoms with Crippen molar-refractivity contribution in [2.45, 2.75) is 20.8 Å². The third-order valence-electron chi connectivity index (χ3n) is 4.33. The summed E-state index contributed by atoms with van der Waals surface area (Å²) in [6, 6.07) is 17.1. The van der Waals surface area contributed by atoms with Crippen molar-refractivity contribution in [2.24, 2.45) is 0 Å². The highest BCUT2D eigenvalue weighted by Gasteiger charge is 2.25. The number of carbonyl (C=O) groups excluding carboxylic acids is 2. The molecule has 0 saturated carbocycles. The van der Waals surface area contributed by atoms with Gasteiger partial charge in [0.2, 0.25) is 0 Å². The number of anilines is 1. The zero-order chi connectivity index (χ0) is 20.8. The van der Waals surface area contributed by atoms with Crippen LogP contribution in [0, 0.1) is 13.8 Å². The summed E-state index contributed by atoms with van der Waals surface area (Å²) in [5.41, 5.74) is 3.01. The number of nitrogens with one attached hydrogen (secondary N) is 1. The van der Waals surface area contributed by atoms with Crippen LogP contribution in [0.15, 0.2) is 54.6 Å². The van der Waals surface area contributed by atoms with Crippen LogP contribution in [0.5, 0.6) is 5.75 Å². The second kappa shape index (κ2) is 9.39. The van der Waals surface area contributed by atoms with E-state index >= 15 is 0 Å². The number of benzene rings is 2. The van der Waals surface area contributed by atoms with Crippen LogP contribution < -0.4 is 10.1 Å². The van der Waals surface area contributed by atoms with Gasteiger partial charge >= 0.3 is 5.97 Å². The summed E-state index contributed by atoms with van der Waals surface area (Å²) in [5.74, 6) is -0.133. The largest absolute Gasteiger partial charge is 0.483 e. The minimum Gasteiger partial charge on any atom is -0.483 e. The van der Waals surface area contributed by atoms with Gasteiger partial charge in [-0.05, 0) is 38.0 Å². The van der Waals surface area contributed by atoms with Gasteiger partial charge in [-0.1, -0.05) is 48.5 Å². The molecule has 0 spiro atoms. The quantitative estimate of drug-likeness (QED) is 0.543. The van der Waals surface area contributed by atoms with E-state index in [1.165, 1.54) is 11.3 Å². The van der Waals surface area contributed by atoms with E-state index in [1.54, 1.807) is 6.92 Å². The van der Waals surface area contributed by atoms with E-state index in [2.05, 4.69) is 5.32 Å². The van der Waals surface area contributed by atoms with Crippen molar-refractivity contribution in [3.05, 3.63) is 70.6 Å². The molecule has 150 valence electrons. The Morgan fingerprint density at radius 2 is 1.69 bits per heavy atom. The van der Waals surface area contributed by atoms with E-state index in [4.69, 9.17) is 9.47 Å². The molecule has 0 aliphatic carbocycles. The molecule has 1 N–H and O–H groups in total. The van der Waals surface area contributed by atoms with Gasteiger partial charge in [0.15, 0.2) is 6.61 Å². The first-order valence-corrected chi connectivity index (χ1v) is 10.2. The lowest BCUT2D eigenvalue weighted by molar-refractivity contribution is -0.118. The van der Waals surface area contributed by atoms with E-state index in [9.17, 15) is 9.59 Å². The van der Waals surface area contributed by atoms with Gasteiger partial charge in [0.25, 0.3) is 5.91 Å². The van der Waals surface area contributed by atoms with Gasteiger partial charge in [-0.2, -0.15) is 0 Å². The smallest absolute Gasteiger partial charge is 0.341 e. The first-order chi connectivity index (χ1) is 14.0. The van der Waals surface area contributed by atoms with Crippen LogP contribution in [-0.2, 0) is 9.53 Å². The highest BCUT2D eigenvalue weighted by molar-refractivity contribution is 7.17. The lowest BCUT2D eigenvalue weighted by atomic mass is 10.0. The maximum atomic E-state index is 12.7. The Bertz CT molecular complexity index is 1010. The Hall–Kier alpha value is -3.12. The lowest BCUT2D eigenvalue weighted by Crippen LogP contribution is -2.21. The van der Waals surface area contributed by atoms with Gasteiger partial charge in [-0.15, -0.1) is 11.3 Å². The number of amides is 1. The molecule has 0 aliphatic rings. The number of rotatable bonds is 7. The average molecular weight is 410 g/mol. The van der Waals surface area contributed by atoms with Gasteiger partial charge in [-0.25, -0.2) is 4.79 Å². The summed E-state index contributed by atoms with van der Waals surface area (Å²) < 4.78 is 10.9. The van der Waals surface area contributed by atoms with Crippen LogP contribution in [0.4, 0.5) is 5.00 Å². The summed E-state index contributed by atoms with van der Waals surface area (Å²) >= 11 is 1.35. The standard InChI is InChI=1S/C23H23NO4S/c1-4-27-23(26)21-20(17-11-6-5-7-12-17)16(3)29-22(21)24-19(25)14-28-18-13-9-8-10-15(18)2/h5-13H,4,14H2,1-3H3,(H,24,25). The molecule has 5 nitrogen and oxygen atoms in total. The number of para-hydroxylation sites is 1. The minimum absolute atomic E-state index is 0.148. The lowest BCUT2D eigenvalue weighted by Gasteiger charge is -2.10. The Morgan fingerprint density at radius 3 is 2.38 bits per heavy atom. The molecule has 3 rings (SSSR count). The molecule has 1 amide bonds. The molecule has 0 atom stereocenters. The van der Waals surface area contributed by atoms with Crippen molar-refractivity contribution in [1.29, 1.82) is 0 Å². The molecule has 6 heteroatoms. The molecule has 1 aromatic heterocycles. The van der Waals surface area contributed by atoms with Crippen molar-refractivity contribution in [2.75, 3.05) is 18.5 Å². The fourth-order valence-electron chi connectivity index (χ4n) is 3.01. The summed E-state index contributed by atoms with van der Waals surface area (Å²) in [6.45, 7) is 5.71. The molecule has 0 fully saturated rings. The van der Waals surface area contributed by atoms with Gasteiger partial charge in [0.1, 0.15) is 16.3 Å². The van der Waals surface area contributed by atoms with E-state index < -0.39 is 5.97 Å². The molecular formula is C23H23NO4S. The Morgan fingerprint density at radius 1 is 1.00 bits per heavy atom. The Kier molecular flexibility index (Phi) is 6.67. The van der Waals surface area contributed by atoms with Crippen molar-refractivity contribution in [3.8, 4) is 16.9 Å². The number of carbonyl (C=O) groups is 2. The molecule has 2 aromatic carbocycles. The number of hydrogen-bond donors (Lipinski definition) is 1. The second-order valence-corrected chi connectivity index (χ2v) is 7.65. The van der Waals surface area contributed by atoms with Crippen molar-refractivity contribution in [1.82, 2.24) is 0 Å². The molecule has 0 radical (unpaired) electrons. The van der Waals surface area contributed by atoms with Crippen molar-refractivity contribution in [3.63, 3.8) is 0 Å². The van der Waals surface area contributed by atoms with Crippen LogP contribution in [0.1, 0.15) is 27.7 Å². The van der Waals surface area contributed by atoms with E-state index in [0.717, 1.165) is 21.6 Å². The fraction of sp³-hybridized carbons (Fsp3) is 0.217. The number of aryl methyl sites for hydroxylation is 2. The Labute approximate surface area is 174 Å². The normalized spacial score (nSPS) is 10.4. The molecule has 0 saturated heterocycles. The number of thiophene rings is 1. The number of hydrogen-bond acceptors (Lipinski definition) is 5.